The number of benzene rings is 2. The Morgan fingerprint density at radius 2 is 2.15 bits per heavy atom. The summed E-state index contributed by atoms with van der Waals surface area (Å²) in [6.45, 7) is 0.793. The molecule has 3 N–H and O–H groups in total. The van der Waals surface area contributed by atoms with Crippen molar-refractivity contribution in [3.05, 3.63) is 59.8 Å². The first-order valence-electron chi connectivity index (χ1n) is 9.49. The molecule has 0 bridgehead atoms. The first kappa shape index (κ1) is 17.9. The number of fused-ring (bicyclic) bond motifs is 2. The van der Waals surface area contributed by atoms with E-state index in [4.69, 9.17) is 9.47 Å². The molecular weight excluding hydrogens is 340 g/mol. The Morgan fingerprint density at radius 1 is 1.22 bits per heavy atom. The molecule has 0 saturated carbocycles. The number of hydrogen-bond donors (Lipinski definition) is 3. The average molecular weight is 366 g/mol. The highest BCUT2D eigenvalue weighted by Crippen LogP contribution is 2.26. The molecule has 27 heavy (non-hydrogen) atoms. The summed E-state index contributed by atoms with van der Waals surface area (Å²) in [7, 11) is 1.70. The molecular formula is C22H26N2O3. The number of H-pyrrole nitrogens is 1. The van der Waals surface area contributed by atoms with Crippen LogP contribution < -0.4 is 14.8 Å². The van der Waals surface area contributed by atoms with Crippen molar-refractivity contribution in [2.45, 2.75) is 31.4 Å². The van der Waals surface area contributed by atoms with Crippen molar-refractivity contribution in [3.8, 4) is 11.5 Å². The van der Waals surface area contributed by atoms with E-state index in [1.54, 1.807) is 7.11 Å². The monoisotopic (exact) mass is 366 g/mol. The highest BCUT2D eigenvalue weighted by Gasteiger charge is 2.20. The van der Waals surface area contributed by atoms with Crippen molar-refractivity contribution >= 4 is 10.9 Å². The van der Waals surface area contributed by atoms with E-state index >= 15 is 0 Å². The smallest absolute Gasteiger partial charge is 0.128 e. The topological polar surface area (TPSA) is 66.5 Å². The van der Waals surface area contributed by atoms with Gasteiger partial charge < -0.3 is 24.9 Å². The first-order valence-corrected chi connectivity index (χ1v) is 9.49. The lowest BCUT2D eigenvalue weighted by Crippen LogP contribution is -2.40. The van der Waals surface area contributed by atoms with Crippen molar-refractivity contribution in [1.29, 1.82) is 0 Å². The van der Waals surface area contributed by atoms with E-state index in [2.05, 4.69) is 22.4 Å². The molecule has 4 rings (SSSR count). The van der Waals surface area contributed by atoms with Crippen LogP contribution in [-0.2, 0) is 12.8 Å². The zero-order valence-corrected chi connectivity index (χ0v) is 15.6. The Kier molecular flexibility index (Phi) is 5.32. The van der Waals surface area contributed by atoms with E-state index in [0.29, 0.717) is 12.6 Å². The standard InChI is InChI=1S/C22H26N2O3/c1-26-19-8-6-15-5-7-17(11-16(15)12-19)24-13-18(25)14-27-22-4-2-3-21-20(22)9-10-23-21/h2-4,6,8-10,12,17-18,23-25H,5,7,11,13-14H2,1H3. The van der Waals surface area contributed by atoms with Crippen LogP contribution in [0.1, 0.15) is 17.5 Å². The highest BCUT2D eigenvalue weighted by molar-refractivity contribution is 5.85. The molecule has 0 fully saturated rings. The molecule has 0 radical (unpaired) electrons. The lowest BCUT2D eigenvalue weighted by molar-refractivity contribution is 0.104. The Labute approximate surface area is 159 Å². The highest BCUT2D eigenvalue weighted by atomic mass is 16.5. The maximum Gasteiger partial charge on any atom is 0.128 e. The molecule has 0 aliphatic heterocycles. The van der Waals surface area contributed by atoms with Crippen molar-refractivity contribution in [3.63, 3.8) is 0 Å². The van der Waals surface area contributed by atoms with Crippen LogP contribution >= 0.6 is 0 Å². The van der Waals surface area contributed by atoms with Gasteiger partial charge >= 0.3 is 0 Å². The third kappa shape index (κ3) is 4.10. The second-order valence-electron chi connectivity index (χ2n) is 7.14. The number of aryl methyl sites for hydroxylation is 1. The van der Waals surface area contributed by atoms with Gasteiger partial charge in [-0.3, -0.25) is 0 Å². The largest absolute Gasteiger partial charge is 0.497 e. The molecule has 2 unspecified atom stereocenters. The van der Waals surface area contributed by atoms with E-state index in [1.807, 2.05) is 36.5 Å². The summed E-state index contributed by atoms with van der Waals surface area (Å²) in [4.78, 5) is 3.17. The van der Waals surface area contributed by atoms with Crippen molar-refractivity contribution < 1.29 is 14.6 Å². The summed E-state index contributed by atoms with van der Waals surface area (Å²) in [5.41, 5.74) is 3.77. The molecule has 2 aromatic carbocycles. The van der Waals surface area contributed by atoms with Gasteiger partial charge in [-0.1, -0.05) is 12.1 Å². The Hall–Kier alpha value is -2.50. The van der Waals surface area contributed by atoms with Crippen LogP contribution in [0.3, 0.4) is 0 Å². The third-order valence-electron chi connectivity index (χ3n) is 5.27. The molecule has 1 aliphatic carbocycles. The van der Waals surface area contributed by atoms with Gasteiger partial charge in [-0.25, -0.2) is 0 Å². The first-order chi connectivity index (χ1) is 13.2. The molecule has 3 aromatic rings. The summed E-state index contributed by atoms with van der Waals surface area (Å²) in [6.07, 6.45) is 4.44. The van der Waals surface area contributed by atoms with Crippen molar-refractivity contribution in [1.82, 2.24) is 10.3 Å². The van der Waals surface area contributed by atoms with Gasteiger partial charge in [-0.05, 0) is 60.7 Å². The van der Waals surface area contributed by atoms with Gasteiger partial charge in [0.25, 0.3) is 0 Å². The summed E-state index contributed by atoms with van der Waals surface area (Å²) in [6, 6.07) is 14.6. The van der Waals surface area contributed by atoms with Crippen LogP contribution in [0.5, 0.6) is 11.5 Å². The Morgan fingerprint density at radius 3 is 3.04 bits per heavy atom. The average Bonchev–Trinajstić information content (AvgIpc) is 3.19. The summed E-state index contributed by atoms with van der Waals surface area (Å²) in [5, 5.41) is 14.9. The van der Waals surface area contributed by atoms with Crippen LogP contribution in [0.4, 0.5) is 0 Å². The minimum absolute atomic E-state index is 0.272. The molecule has 0 spiro atoms. The fourth-order valence-corrected chi connectivity index (χ4v) is 3.76. The number of rotatable bonds is 7. The minimum Gasteiger partial charge on any atom is -0.497 e. The summed E-state index contributed by atoms with van der Waals surface area (Å²) >= 11 is 0. The minimum atomic E-state index is -0.550. The number of nitrogens with one attached hydrogen (secondary N) is 2. The number of aliphatic hydroxyl groups excluding tert-OH is 1. The van der Waals surface area contributed by atoms with Gasteiger partial charge in [0, 0.05) is 29.7 Å². The quantitative estimate of drug-likeness (QED) is 0.601. The number of methoxy groups -OCH3 is 1. The van der Waals surface area contributed by atoms with E-state index in [9.17, 15) is 5.11 Å². The van der Waals surface area contributed by atoms with Gasteiger partial charge in [0.2, 0.25) is 0 Å². The van der Waals surface area contributed by atoms with Crippen LogP contribution in [0, 0.1) is 0 Å². The van der Waals surface area contributed by atoms with E-state index in [1.165, 1.54) is 11.1 Å². The van der Waals surface area contributed by atoms with Crippen LogP contribution in [0.15, 0.2) is 48.7 Å². The van der Waals surface area contributed by atoms with E-state index in [0.717, 1.165) is 41.7 Å². The molecule has 5 nitrogen and oxygen atoms in total. The molecule has 142 valence electrons. The van der Waals surface area contributed by atoms with Crippen LogP contribution in [-0.4, -0.2) is 42.5 Å². The van der Waals surface area contributed by atoms with Gasteiger partial charge in [0.15, 0.2) is 0 Å². The third-order valence-corrected chi connectivity index (χ3v) is 5.27. The lowest BCUT2D eigenvalue weighted by atomic mass is 9.88. The van der Waals surface area contributed by atoms with Crippen molar-refractivity contribution in [2.75, 3.05) is 20.3 Å². The zero-order valence-electron chi connectivity index (χ0n) is 15.6. The maximum absolute atomic E-state index is 10.3. The van der Waals surface area contributed by atoms with E-state index in [-0.39, 0.29) is 6.61 Å². The van der Waals surface area contributed by atoms with E-state index < -0.39 is 6.10 Å². The molecule has 0 saturated heterocycles. The summed E-state index contributed by atoms with van der Waals surface area (Å²) in [5.74, 6) is 1.70. The maximum atomic E-state index is 10.3. The lowest BCUT2D eigenvalue weighted by Gasteiger charge is -2.27. The molecule has 1 aromatic heterocycles. The zero-order chi connectivity index (χ0) is 18.6. The fraction of sp³-hybridized carbons (Fsp3) is 0.364. The van der Waals surface area contributed by atoms with Gasteiger partial charge in [0.05, 0.1) is 7.11 Å². The predicted molar refractivity (Wildman–Crippen MR) is 107 cm³/mol. The fourth-order valence-electron chi connectivity index (χ4n) is 3.76. The van der Waals surface area contributed by atoms with Crippen LogP contribution in [0.2, 0.25) is 0 Å². The Bertz CT molecular complexity index is 905. The summed E-state index contributed by atoms with van der Waals surface area (Å²) < 4.78 is 11.2. The SMILES string of the molecule is COc1ccc2c(c1)CC(NCC(O)COc1cccc3[nH]ccc13)CC2. The normalized spacial score (nSPS) is 17.5. The van der Waals surface area contributed by atoms with Gasteiger partial charge in [-0.2, -0.15) is 0 Å². The molecule has 1 aliphatic rings. The van der Waals surface area contributed by atoms with Gasteiger partial charge in [0.1, 0.15) is 24.2 Å². The number of aromatic amines is 1. The second-order valence-corrected chi connectivity index (χ2v) is 7.14. The van der Waals surface area contributed by atoms with Crippen molar-refractivity contribution in [2.24, 2.45) is 0 Å². The number of aromatic nitrogens is 1. The second kappa shape index (κ2) is 8.03. The van der Waals surface area contributed by atoms with Gasteiger partial charge in [-0.15, -0.1) is 0 Å². The molecule has 5 heteroatoms. The molecule has 1 heterocycles. The predicted octanol–water partition coefficient (Wildman–Crippen LogP) is 3.06. The molecule has 0 amide bonds. The number of aliphatic hydroxyl groups is 1. The number of ether oxygens (including phenoxy) is 2. The van der Waals surface area contributed by atoms with Crippen LogP contribution in [0.25, 0.3) is 10.9 Å². The number of hydrogen-bond acceptors (Lipinski definition) is 4. The molecule has 2 atom stereocenters. The Balaban J connectivity index is 1.28.